The summed E-state index contributed by atoms with van der Waals surface area (Å²) < 4.78 is 64.4. The Hall–Kier alpha value is -1.61. The highest BCUT2D eigenvalue weighted by molar-refractivity contribution is 7.89. The minimum absolute atomic E-state index is 0.0911. The van der Waals surface area contributed by atoms with Crippen LogP contribution in [0.1, 0.15) is 25.0 Å². The zero-order chi connectivity index (χ0) is 17.3. The van der Waals surface area contributed by atoms with Gasteiger partial charge in [-0.05, 0) is 30.5 Å². The van der Waals surface area contributed by atoms with E-state index in [4.69, 9.17) is 5.11 Å². The van der Waals surface area contributed by atoms with Crippen molar-refractivity contribution in [3.8, 4) is 0 Å². The number of alkyl halides is 3. The first-order valence-electron chi connectivity index (χ1n) is 6.29. The Morgan fingerprint density at radius 1 is 1.27 bits per heavy atom. The smallest absolute Gasteiger partial charge is 0.416 e. The van der Waals surface area contributed by atoms with Gasteiger partial charge in [0.15, 0.2) is 0 Å². The number of nitrogens with one attached hydrogen (secondary N) is 1. The molecule has 1 aromatic carbocycles. The standard InChI is InChI=1S/C13H16F3NO4S/c1-7(2)11(12(18)19)17-22(20,21)10-6-9(13(14,15)16)5-4-8(10)3/h4-7,11,17H,1-3H3,(H,18,19)/t11-/m1/s1. The minimum atomic E-state index is -4.69. The van der Waals surface area contributed by atoms with E-state index in [0.717, 1.165) is 12.1 Å². The molecule has 0 radical (unpaired) electrons. The molecule has 9 heteroatoms. The summed E-state index contributed by atoms with van der Waals surface area (Å²) in [5.74, 6) is -1.97. The number of carboxylic acid groups (broad SMARTS) is 1. The maximum Gasteiger partial charge on any atom is 0.416 e. The molecule has 0 aliphatic carbocycles. The van der Waals surface area contributed by atoms with Crippen LogP contribution >= 0.6 is 0 Å². The van der Waals surface area contributed by atoms with E-state index in [1.165, 1.54) is 20.8 Å². The highest BCUT2D eigenvalue weighted by Crippen LogP contribution is 2.31. The predicted octanol–water partition coefficient (Wildman–Crippen LogP) is 2.40. The topological polar surface area (TPSA) is 83.5 Å². The van der Waals surface area contributed by atoms with Gasteiger partial charge in [0, 0.05) is 0 Å². The van der Waals surface area contributed by atoms with Crippen LogP contribution in [-0.2, 0) is 21.0 Å². The van der Waals surface area contributed by atoms with Gasteiger partial charge in [0.25, 0.3) is 0 Å². The monoisotopic (exact) mass is 339 g/mol. The molecule has 2 N–H and O–H groups in total. The fraction of sp³-hybridized carbons (Fsp3) is 0.462. The Kier molecular flexibility index (Phi) is 5.24. The maximum atomic E-state index is 12.7. The van der Waals surface area contributed by atoms with Gasteiger partial charge in [-0.2, -0.15) is 17.9 Å². The molecule has 0 bridgehead atoms. The van der Waals surface area contributed by atoms with Crippen molar-refractivity contribution in [3.63, 3.8) is 0 Å². The van der Waals surface area contributed by atoms with Crippen LogP contribution in [0.5, 0.6) is 0 Å². The molecule has 0 amide bonds. The molecule has 124 valence electrons. The molecule has 22 heavy (non-hydrogen) atoms. The Morgan fingerprint density at radius 3 is 2.23 bits per heavy atom. The fourth-order valence-electron chi connectivity index (χ4n) is 1.77. The van der Waals surface area contributed by atoms with Crippen LogP contribution in [0.25, 0.3) is 0 Å². The van der Waals surface area contributed by atoms with Crippen molar-refractivity contribution in [1.82, 2.24) is 4.72 Å². The third kappa shape index (κ3) is 4.20. The summed E-state index contributed by atoms with van der Waals surface area (Å²) >= 11 is 0. The van der Waals surface area contributed by atoms with Crippen molar-refractivity contribution in [2.75, 3.05) is 0 Å². The van der Waals surface area contributed by atoms with Crippen molar-refractivity contribution in [1.29, 1.82) is 0 Å². The van der Waals surface area contributed by atoms with Crippen molar-refractivity contribution >= 4 is 16.0 Å². The third-order valence-electron chi connectivity index (χ3n) is 3.02. The van der Waals surface area contributed by atoms with E-state index in [9.17, 15) is 26.4 Å². The number of carboxylic acids is 1. The van der Waals surface area contributed by atoms with E-state index >= 15 is 0 Å². The van der Waals surface area contributed by atoms with Crippen molar-refractivity contribution in [2.45, 2.75) is 37.9 Å². The van der Waals surface area contributed by atoms with Gasteiger partial charge in [0.05, 0.1) is 10.5 Å². The van der Waals surface area contributed by atoms with Crippen LogP contribution in [0, 0.1) is 12.8 Å². The lowest BCUT2D eigenvalue weighted by Crippen LogP contribution is -2.44. The fourth-order valence-corrected chi connectivity index (χ4v) is 3.38. The van der Waals surface area contributed by atoms with Gasteiger partial charge in [-0.1, -0.05) is 19.9 Å². The number of halogens is 3. The molecule has 5 nitrogen and oxygen atoms in total. The molecule has 0 aliphatic heterocycles. The van der Waals surface area contributed by atoms with Gasteiger partial charge in [-0.15, -0.1) is 0 Å². The molecule has 0 fully saturated rings. The SMILES string of the molecule is Cc1ccc(C(F)(F)F)cc1S(=O)(=O)N[C@@H](C(=O)O)C(C)C. The molecule has 0 heterocycles. The van der Waals surface area contributed by atoms with E-state index in [2.05, 4.69) is 0 Å². The third-order valence-corrected chi connectivity index (χ3v) is 4.60. The lowest BCUT2D eigenvalue weighted by Gasteiger charge is -2.19. The largest absolute Gasteiger partial charge is 0.480 e. The molecule has 1 aromatic rings. The molecule has 0 saturated carbocycles. The summed E-state index contributed by atoms with van der Waals surface area (Å²) in [5.41, 5.74) is -1.02. The van der Waals surface area contributed by atoms with Gasteiger partial charge in [0.1, 0.15) is 6.04 Å². The molecular formula is C13H16F3NO4S. The summed E-state index contributed by atoms with van der Waals surface area (Å²) in [5, 5.41) is 9.00. The molecule has 1 atom stereocenters. The first kappa shape index (κ1) is 18.4. The number of carbonyl (C=O) groups is 1. The lowest BCUT2D eigenvalue weighted by atomic mass is 10.1. The van der Waals surface area contributed by atoms with Gasteiger partial charge < -0.3 is 5.11 Å². The highest BCUT2D eigenvalue weighted by atomic mass is 32.2. The Morgan fingerprint density at radius 2 is 1.82 bits per heavy atom. The van der Waals surface area contributed by atoms with Crippen molar-refractivity contribution < 1.29 is 31.5 Å². The second-order valence-corrected chi connectivity index (χ2v) is 6.84. The van der Waals surface area contributed by atoms with E-state index < -0.39 is 44.6 Å². The maximum absolute atomic E-state index is 12.7. The van der Waals surface area contributed by atoms with Crippen LogP contribution in [0.2, 0.25) is 0 Å². The lowest BCUT2D eigenvalue weighted by molar-refractivity contribution is -0.140. The van der Waals surface area contributed by atoms with Crippen LogP contribution in [-0.4, -0.2) is 25.5 Å². The molecule has 0 unspecified atom stereocenters. The molecular weight excluding hydrogens is 323 g/mol. The van der Waals surface area contributed by atoms with Gasteiger partial charge in [0.2, 0.25) is 10.0 Å². The second kappa shape index (κ2) is 6.25. The van der Waals surface area contributed by atoms with E-state index in [1.807, 2.05) is 4.72 Å². The average molecular weight is 339 g/mol. The summed E-state index contributed by atoms with van der Waals surface area (Å²) in [4.78, 5) is 10.5. The zero-order valence-electron chi connectivity index (χ0n) is 12.1. The predicted molar refractivity (Wildman–Crippen MR) is 72.8 cm³/mol. The van der Waals surface area contributed by atoms with Crippen molar-refractivity contribution in [2.24, 2.45) is 5.92 Å². The van der Waals surface area contributed by atoms with E-state index in [0.29, 0.717) is 6.07 Å². The number of hydrogen-bond donors (Lipinski definition) is 2. The van der Waals surface area contributed by atoms with Crippen LogP contribution in [0.15, 0.2) is 23.1 Å². The first-order valence-corrected chi connectivity index (χ1v) is 7.77. The molecule has 0 spiro atoms. The Balaban J connectivity index is 3.31. The number of benzene rings is 1. The second-order valence-electron chi connectivity index (χ2n) is 5.16. The van der Waals surface area contributed by atoms with Crippen molar-refractivity contribution in [3.05, 3.63) is 29.3 Å². The Bertz CT molecular complexity index is 668. The van der Waals surface area contributed by atoms with Gasteiger partial charge >= 0.3 is 12.1 Å². The van der Waals surface area contributed by atoms with E-state index in [-0.39, 0.29) is 5.56 Å². The summed E-state index contributed by atoms with van der Waals surface area (Å²) in [7, 11) is -4.39. The van der Waals surface area contributed by atoms with Gasteiger partial charge in [-0.3, -0.25) is 4.79 Å². The molecule has 0 aliphatic rings. The van der Waals surface area contributed by atoms with Crippen LogP contribution in [0.4, 0.5) is 13.2 Å². The Labute approximate surface area is 126 Å². The number of rotatable bonds is 5. The van der Waals surface area contributed by atoms with E-state index in [1.54, 1.807) is 0 Å². The minimum Gasteiger partial charge on any atom is -0.480 e. The highest BCUT2D eigenvalue weighted by Gasteiger charge is 2.34. The van der Waals surface area contributed by atoms with Crippen LogP contribution < -0.4 is 4.72 Å². The molecule has 1 rings (SSSR count). The number of sulfonamides is 1. The summed E-state index contributed by atoms with van der Waals surface area (Å²) in [6.07, 6.45) is -4.69. The van der Waals surface area contributed by atoms with Crippen LogP contribution in [0.3, 0.4) is 0 Å². The normalized spacial score (nSPS) is 14.1. The van der Waals surface area contributed by atoms with Gasteiger partial charge in [-0.25, -0.2) is 8.42 Å². The number of hydrogen-bond acceptors (Lipinski definition) is 3. The molecule has 0 aromatic heterocycles. The first-order chi connectivity index (χ1) is 9.86. The summed E-state index contributed by atoms with van der Waals surface area (Å²) in [6.45, 7) is 4.31. The summed E-state index contributed by atoms with van der Waals surface area (Å²) in [6, 6.07) is 0.865. The average Bonchev–Trinajstić information content (AvgIpc) is 2.34. The zero-order valence-corrected chi connectivity index (χ0v) is 12.9. The number of aryl methyl sites for hydroxylation is 1. The number of aliphatic carboxylic acids is 1. The quantitative estimate of drug-likeness (QED) is 0.863. The molecule has 0 saturated heterocycles.